The van der Waals surface area contributed by atoms with E-state index in [4.69, 9.17) is 0 Å². The Morgan fingerprint density at radius 3 is 2.23 bits per heavy atom. The van der Waals surface area contributed by atoms with E-state index < -0.39 is 0 Å². The molecule has 0 bridgehead atoms. The van der Waals surface area contributed by atoms with E-state index in [-0.39, 0.29) is 0 Å². The van der Waals surface area contributed by atoms with Crippen LogP contribution in [0, 0.1) is 5.92 Å². The smallest absolute Gasteiger partial charge is 0.00574 e. The van der Waals surface area contributed by atoms with Crippen LogP contribution in [0.25, 0.3) is 5.57 Å². The summed E-state index contributed by atoms with van der Waals surface area (Å²) in [6.45, 7) is 4.53. The van der Waals surface area contributed by atoms with E-state index in [1.165, 1.54) is 18.4 Å². The minimum atomic E-state index is 0.799. The molecule has 0 N–H and O–H groups in total. The molecule has 68 valence electrons. The first kappa shape index (κ1) is 8.55. The van der Waals surface area contributed by atoms with E-state index in [0.29, 0.717) is 0 Å². The third kappa shape index (κ3) is 1.41. The predicted octanol–water partition coefficient (Wildman–Crippen LogP) is 3.89. The molecule has 1 aromatic rings. The van der Waals surface area contributed by atoms with Crippen LogP contribution in [0.1, 0.15) is 32.3 Å². The van der Waals surface area contributed by atoms with Crippen molar-refractivity contribution >= 4 is 5.57 Å². The first-order chi connectivity index (χ1) is 6.38. The van der Waals surface area contributed by atoms with Crippen LogP contribution < -0.4 is 0 Å². The van der Waals surface area contributed by atoms with Crippen LogP contribution in [0.4, 0.5) is 0 Å². The van der Waals surface area contributed by atoms with Crippen molar-refractivity contribution in [2.45, 2.75) is 26.7 Å². The maximum absolute atomic E-state index is 2.27. The SMILES string of the molecule is CCC1=C(c2ccccc2)C1CC. The molecule has 0 spiro atoms. The van der Waals surface area contributed by atoms with Gasteiger partial charge >= 0.3 is 0 Å². The second kappa shape index (κ2) is 3.37. The van der Waals surface area contributed by atoms with Crippen molar-refractivity contribution in [3.63, 3.8) is 0 Å². The van der Waals surface area contributed by atoms with Gasteiger partial charge in [0.25, 0.3) is 0 Å². The van der Waals surface area contributed by atoms with Gasteiger partial charge in [0.2, 0.25) is 0 Å². The van der Waals surface area contributed by atoms with Gasteiger partial charge in [-0.1, -0.05) is 49.8 Å². The number of rotatable bonds is 3. The fraction of sp³-hybridized carbons (Fsp3) is 0.385. The lowest BCUT2D eigenvalue weighted by Gasteiger charge is -1.95. The van der Waals surface area contributed by atoms with E-state index in [1.54, 1.807) is 11.1 Å². The average molecular weight is 172 g/mol. The molecule has 1 unspecified atom stereocenters. The number of hydrogen-bond acceptors (Lipinski definition) is 0. The van der Waals surface area contributed by atoms with Crippen LogP contribution in [0.15, 0.2) is 35.9 Å². The van der Waals surface area contributed by atoms with Gasteiger partial charge in [0.05, 0.1) is 0 Å². The summed E-state index contributed by atoms with van der Waals surface area (Å²) in [5, 5.41) is 0. The fourth-order valence-corrected chi connectivity index (χ4v) is 2.21. The van der Waals surface area contributed by atoms with Crippen LogP contribution in [0.3, 0.4) is 0 Å². The van der Waals surface area contributed by atoms with E-state index in [9.17, 15) is 0 Å². The normalized spacial score (nSPS) is 20.6. The van der Waals surface area contributed by atoms with Crippen LogP contribution >= 0.6 is 0 Å². The third-order valence-corrected chi connectivity index (χ3v) is 2.91. The van der Waals surface area contributed by atoms with Gasteiger partial charge in [-0.2, -0.15) is 0 Å². The van der Waals surface area contributed by atoms with Crippen molar-refractivity contribution in [1.82, 2.24) is 0 Å². The zero-order valence-corrected chi connectivity index (χ0v) is 8.38. The van der Waals surface area contributed by atoms with Gasteiger partial charge < -0.3 is 0 Å². The summed E-state index contributed by atoms with van der Waals surface area (Å²) >= 11 is 0. The average Bonchev–Trinajstić information content (AvgIpc) is 2.92. The Kier molecular flexibility index (Phi) is 2.22. The molecular weight excluding hydrogens is 156 g/mol. The number of benzene rings is 1. The largest absolute Gasteiger partial charge is 0.0645 e. The Bertz CT molecular complexity index is 319. The molecule has 0 heteroatoms. The van der Waals surface area contributed by atoms with E-state index in [0.717, 1.165) is 5.92 Å². The summed E-state index contributed by atoms with van der Waals surface area (Å²) in [5.41, 5.74) is 4.73. The zero-order valence-electron chi connectivity index (χ0n) is 8.38. The Labute approximate surface area is 80.3 Å². The van der Waals surface area contributed by atoms with Crippen LogP contribution in [-0.4, -0.2) is 0 Å². The molecule has 0 aliphatic heterocycles. The van der Waals surface area contributed by atoms with Gasteiger partial charge in [-0.3, -0.25) is 0 Å². The summed E-state index contributed by atoms with van der Waals surface area (Å²) in [4.78, 5) is 0. The number of hydrogen-bond donors (Lipinski definition) is 0. The Morgan fingerprint density at radius 1 is 1.08 bits per heavy atom. The lowest BCUT2D eigenvalue weighted by Crippen LogP contribution is -1.79. The van der Waals surface area contributed by atoms with Crippen molar-refractivity contribution in [3.8, 4) is 0 Å². The van der Waals surface area contributed by atoms with Gasteiger partial charge in [-0.25, -0.2) is 0 Å². The Morgan fingerprint density at radius 2 is 1.77 bits per heavy atom. The highest BCUT2D eigenvalue weighted by atomic mass is 14.4. The number of allylic oxidation sites excluding steroid dienone is 2. The van der Waals surface area contributed by atoms with Crippen molar-refractivity contribution in [3.05, 3.63) is 41.5 Å². The highest BCUT2D eigenvalue weighted by molar-refractivity contribution is 5.85. The van der Waals surface area contributed by atoms with Crippen molar-refractivity contribution in [1.29, 1.82) is 0 Å². The molecule has 0 fully saturated rings. The van der Waals surface area contributed by atoms with Gasteiger partial charge in [0, 0.05) is 5.92 Å². The second-order valence-electron chi connectivity index (χ2n) is 3.62. The lowest BCUT2D eigenvalue weighted by atomic mass is 10.1. The fourth-order valence-electron chi connectivity index (χ4n) is 2.21. The molecule has 0 nitrogen and oxygen atoms in total. The summed E-state index contributed by atoms with van der Waals surface area (Å²) in [7, 11) is 0. The standard InChI is InChI=1S/C13H16/c1-3-11-12(4-2)13(11)10-8-6-5-7-9-10/h5-9,11H,3-4H2,1-2H3. The molecule has 1 aliphatic rings. The molecule has 2 rings (SSSR count). The highest BCUT2D eigenvalue weighted by Gasteiger charge is 2.33. The predicted molar refractivity (Wildman–Crippen MR) is 57.4 cm³/mol. The lowest BCUT2D eigenvalue weighted by molar-refractivity contribution is 0.820. The second-order valence-corrected chi connectivity index (χ2v) is 3.62. The van der Waals surface area contributed by atoms with Gasteiger partial charge in [-0.05, 0) is 24.0 Å². The maximum atomic E-state index is 2.27. The Hall–Kier alpha value is -1.04. The van der Waals surface area contributed by atoms with Gasteiger partial charge in [0.15, 0.2) is 0 Å². The van der Waals surface area contributed by atoms with Crippen molar-refractivity contribution in [2.75, 3.05) is 0 Å². The molecular formula is C13H16. The van der Waals surface area contributed by atoms with E-state index >= 15 is 0 Å². The van der Waals surface area contributed by atoms with Crippen molar-refractivity contribution < 1.29 is 0 Å². The van der Waals surface area contributed by atoms with Crippen LogP contribution in [-0.2, 0) is 0 Å². The molecule has 0 radical (unpaired) electrons. The third-order valence-electron chi connectivity index (χ3n) is 2.91. The molecule has 0 heterocycles. The zero-order chi connectivity index (χ0) is 9.26. The van der Waals surface area contributed by atoms with E-state index in [1.807, 2.05) is 0 Å². The molecule has 1 aliphatic carbocycles. The minimum Gasteiger partial charge on any atom is -0.0645 e. The molecule has 13 heavy (non-hydrogen) atoms. The molecule has 1 aromatic carbocycles. The topological polar surface area (TPSA) is 0 Å². The molecule has 0 amide bonds. The van der Waals surface area contributed by atoms with Crippen LogP contribution in [0.2, 0.25) is 0 Å². The summed E-state index contributed by atoms with van der Waals surface area (Å²) in [5.74, 6) is 0.799. The first-order valence-corrected chi connectivity index (χ1v) is 5.16. The molecule has 0 saturated carbocycles. The molecule has 0 aromatic heterocycles. The highest BCUT2D eigenvalue weighted by Crippen LogP contribution is 2.50. The van der Waals surface area contributed by atoms with E-state index in [2.05, 4.69) is 44.2 Å². The summed E-state index contributed by atoms with van der Waals surface area (Å²) in [6, 6.07) is 10.8. The molecule has 1 atom stereocenters. The van der Waals surface area contributed by atoms with Gasteiger partial charge in [-0.15, -0.1) is 0 Å². The maximum Gasteiger partial charge on any atom is 0.00574 e. The quantitative estimate of drug-likeness (QED) is 0.649. The summed E-state index contributed by atoms with van der Waals surface area (Å²) < 4.78 is 0. The Balaban J connectivity index is 2.24. The molecule has 0 saturated heterocycles. The van der Waals surface area contributed by atoms with Gasteiger partial charge in [0.1, 0.15) is 0 Å². The first-order valence-electron chi connectivity index (χ1n) is 5.16. The summed E-state index contributed by atoms with van der Waals surface area (Å²) in [6.07, 6.45) is 2.50. The van der Waals surface area contributed by atoms with Crippen molar-refractivity contribution in [2.24, 2.45) is 5.92 Å². The minimum absolute atomic E-state index is 0.799. The monoisotopic (exact) mass is 172 g/mol. The van der Waals surface area contributed by atoms with Crippen LogP contribution in [0.5, 0.6) is 0 Å².